The Morgan fingerprint density at radius 2 is 2.00 bits per heavy atom. The second-order valence-electron chi connectivity index (χ2n) is 4.82. The first-order valence-corrected chi connectivity index (χ1v) is 7.27. The fraction of sp³-hybridized carbons (Fsp3) is 0.375. The van der Waals surface area contributed by atoms with Gasteiger partial charge in [0.25, 0.3) is 0 Å². The summed E-state index contributed by atoms with van der Waals surface area (Å²) in [7, 11) is 0. The summed E-state index contributed by atoms with van der Waals surface area (Å²) in [5.41, 5.74) is 1.68. The molecule has 2 heteroatoms. The molecule has 18 heavy (non-hydrogen) atoms. The van der Waals surface area contributed by atoms with Crippen molar-refractivity contribution in [2.45, 2.75) is 36.9 Å². The maximum absolute atomic E-state index is 14.2. The monoisotopic (exact) mass is 308 g/mol. The van der Waals surface area contributed by atoms with Gasteiger partial charge in [0.15, 0.2) is 0 Å². The lowest BCUT2D eigenvalue weighted by Crippen LogP contribution is -2.19. The van der Waals surface area contributed by atoms with E-state index in [0.717, 1.165) is 36.8 Å². The van der Waals surface area contributed by atoms with Gasteiger partial charge in [0, 0.05) is 5.57 Å². The summed E-state index contributed by atoms with van der Waals surface area (Å²) in [4.78, 5) is 0. The van der Waals surface area contributed by atoms with Gasteiger partial charge in [-0.3, -0.25) is 0 Å². The normalized spacial score (nSPS) is 23.5. The minimum atomic E-state index is -0.189. The smallest absolute Gasteiger partial charge is 0.128 e. The average Bonchev–Trinajstić information content (AvgIpc) is 2.38. The van der Waals surface area contributed by atoms with Crippen molar-refractivity contribution in [1.29, 1.82) is 0 Å². The van der Waals surface area contributed by atoms with E-state index in [9.17, 15) is 4.39 Å². The van der Waals surface area contributed by atoms with Crippen LogP contribution in [-0.4, -0.2) is 4.32 Å². The van der Waals surface area contributed by atoms with Gasteiger partial charge in [0.05, 0.1) is 4.32 Å². The molecule has 0 spiro atoms. The van der Waals surface area contributed by atoms with E-state index < -0.39 is 0 Å². The lowest BCUT2D eigenvalue weighted by molar-refractivity contribution is 0.578. The van der Waals surface area contributed by atoms with Crippen molar-refractivity contribution in [3.63, 3.8) is 0 Å². The molecule has 0 nitrogen and oxygen atoms in total. The van der Waals surface area contributed by atoms with Gasteiger partial charge < -0.3 is 0 Å². The molecule has 0 saturated heterocycles. The van der Waals surface area contributed by atoms with Crippen LogP contribution in [0, 0.1) is 0 Å². The number of benzene rings is 1. The van der Waals surface area contributed by atoms with Crippen molar-refractivity contribution in [3.05, 3.63) is 53.9 Å². The van der Waals surface area contributed by atoms with E-state index in [1.807, 2.05) is 36.4 Å². The third-order valence-corrected chi connectivity index (χ3v) is 4.27. The van der Waals surface area contributed by atoms with Crippen molar-refractivity contribution >= 4 is 21.5 Å². The zero-order valence-electron chi connectivity index (χ0n) is 10.6. The van der Waals surface area contributed by atoms with Crippen LogP contribution in [0.2, 0.25) is 0 Å². The molecule has 2 rings (SSSR count). The molecule has 1 aromatic carbocycles. The van der Waals surface area contributed by atoms with Crippen LogP contribution in [0.4, 0.5) is 4.39 Å². The molecule has 0 saturated carbocycles. The number of hydrogen-bond donors (Lipinski definition) is 0. The Morgan fingerprint density at radius 1 is 1.28 bits per heavy atom. The lowest BCUT2D eigenvalue weighted by atomic mass is 9.89. The highest BCUT2D eigenvalue weighted by molar-refractivity contribution is 9.10. The Bertz CT molecular complexity index is 461. The molecule has 1 aliphatic carbocycles. The van der Waals surface area contributed by atoms with Gasteiger partial charge in [-0.1, -0.05) is 72.1 Å². The molecule has 0 aromatic heterocycles. The minimum absolute atomic E-state index is 0.111. The molecule has 0 unspecified atom stereocenters. The van der Waals surface area contributed by atoms with Crippen LogP contribution < -0.4 is 0 Å². The van der Waals surface area contributed by atoms with E-state index in [1.54, 1.807) is 6.08 Å². The van der Waals surface area contributed by atoms with E-state index in [-0.39, 0.29) is 10.2 Å². The van der Waals surface area contributed by atoms with E-state index in [4.69, 9.17) is 0 Å². The Hall–Kier alpha value is -0.890. The van der Waals surface area contributed by atoms with Gasteiger partial charge in [-0.15, -0.1) is 0 Å². The SMILES string of the molecule is CCCC[C@@]1(Br)C=C(F)C(c2ccccc2)=CC1. The molecular formula is C16H18BrF. The minimum Gasteiger partial charge on any atom is -0.207 e. The molecule has 0 bridgehead atoms. The first-order chi connectivity index (χ1) is 8.64. The van der Waals surface area contributed by atoms with Crippen LogP contribution >= 0.6 is 15.9 Å². The molecule has 1 aromatic rings. The van der Waals surface area contributed by atoms with Crippen molar-refractivity contribution in [2.75, 3.05) is 0 Å². The van der Waals surface area contributed by atoms with Crippen LogP contribution in [0.25, 0.3) is 5.57 Å². The zero-order valence-corrected chi connectivity index (χ0v) is 12.2. The molecule has 0 radical (unpaired) electrons. The Labute approximate surface area is 117 Å². The predicted octanol–water partition coefficient (Wildman–Crippen LogP) is 5.65. The number of unbranched alkanes of at least 4 members (excludes halogenated alkanes) is 1. The number of allylic oxidation sites excluding steroid dienone is 4. The molecule has 0 amide bonds. The molecule has 96 valence electrons. The summed E-state index contributed by atoms with van der Waals surface area (Å²) in [6.07, 6.45) is 7.84. The second kappa shape index (κ2) is 5.83. The van der Waals surface area contributed by atoms with Gasteiger partial charge in [-0.25, -0.2) is 4.39 Å². The topological polar surface area (TPSA) is 0 Å². The number of rotatable bonds is 4. The Kier molecular flexibility index (Phi) is 4.39. The van der Waals surface area contributed by atoms with Crippen LogP contribution in [0.5, 0.6) is 0 Å². The summed E-state index contributed by atoms with van der Waals surface area (Å²) in [6, 6.07) is 9.73. The van der Waals surface area contributed by atoms with Crippen LogP contribution in [0.15, 0.2) is 48.3 Å². The van der Waals surface area contributed by atoms with Crippen LogP contribution in [0.3, 0.4) is 0 Å². The van der Waals surface area contributed by atoms with E-state index >= 15 is 0 Å². The van der Waals surface area contributed by atoms with Gasteiger partial charge in [0.1, 0.15) is 5.83 Å². The van der Waals surface area contributed by atoms with Gasteiger partial charge in [-0.05, 0) is 24.5 Å². The quantitative estimate of drug-likeness (QED) is 0.630. The van der Waals surface area contributed by atoms with E-state index in [0.29, 0.717) is 0 Å². The van der Waals surface area contributed by atoms with Crippen molar-refractivity contribution < 1.29 is 4.39 Å². The second-order valence-corrected chi connectivity index (χ2v) is 6.40. The van der Waals surface area contributed by atoms with E-state index in [1.165, 1.54) is 0 Å². The molecule has 0 N–H and O–H groups in total. The highest BCUT2D eigenvalue weighted by atomic mass is 79.9. The molecular weight excluding hydrogens is 291 g/mol. The summed E-state index contributed by atoms with van der Waals surface area (Å²) in [5.74, 6) is -0.111. The number of hydrogen-bond acceptors (Lipinski definition) is 0. The molecule has 0 aliphatic heterocycles. The first kappa shape index (κ1) is 13.5. The third-order valence-electron chi connectivity index (χ3n) is 3.32. The van der Waals surface area contributed by atoms with Gasteiger partial charge in [-0.2, -0.15) is 0 Å². The summed E-state index contributed by atoms with van der Waals surface area (Å²) >= 11 is 3.68. The number of halogens is 2. The van der Waals surface area contributed by atoms with Crippen molar-refractivity contribution in [2.24, 2.45) is 0 Å². The fourth-order valence-electron chi connectivity index (χ4n) is 2.25. The zero-order chi connectivity index (χ0) is 13.0. The van der Waals surface area contributed by atoms with Crippen LogP contribution in [0.1, 0.15) is 38.2 Å². The van der Waals surface area contributed by atoms with Crippen molar-refractivity contribution in [3.8, 4) is 0 Å². The maximum Gasteiger partial charge on any atom is 0.128 e. The molecule has 1 aliphatic rings. The largest absolute Gasteiger partial charge is 0.207 e. The van der Waals surface area contributed by atoms with Gasteiger partial charge in [0.2, 0.25) is 0 Å². The average molecular weight is 309 g/mol. The molecule has 0 heterocycles. The third kappa shape index (κ3) is 3.11. The number of alkyl halides is 1. The summed E-state index contributed by atoms with van der Waals surface area (Å²) < 4.78 is 14.0. The summed E-state index contributed by atoms with van der Waals surface area (Å²) in [6.45, 7) is 2.16. The highest BCUT2D eigenvalue weighted by Crippen LogP contribution is 2.40. The Morgan fingerprint density at radius 3 is 2.61 bits per heavy atom. The fourth-order valence-corrected chi connectivity index (χ4v) is 2.89. The maximum atomic E-state index is 14.2. The standard InChI is InChI=1S/C16H18BrF/c1-2-3-10-16(17)11-9-14(15(18)12-16)13-7-5-4-6-8-13/h4-9,12H,2-3,10-11H2,1H3/t16-/m0/s1. The predicted molar refractivity (Wildman–Crippen MR) is 79.4 cm³/mol. The van der Waals surface area contributed by atoms with E-state index in [2.05, 4.69) is 22.9 Å². The molecule has 1 atom stereocenters. The van der Waals surface area contributed by atoms with Crippen LogP contribution in [-0.2, 0) is 0 Å². The lowest BCUT2D eigenvalue weighted by Gasteiger charge is -2.27. The van der Waals surface area contributed by atoms with Gasteiger partial charge >= 0.3 is 0 Å². The molecule has 0 fully saturated rings. The highest BCUT2D eigenvalue weighted by Gasteiger charge is 2.28. The van der Waals surface area contributed by atoms with Crippen molar-refractivity contribution in [1.82, 2.24) is 0 Å². The summed E-state index contributed by atoms with van der Waals surface area (Å²) in [5, 5.41) is 0. The Balaban J connectivity index is 2.18. The first-order valence-electron chi connectivity index (χ1n) is 6.48.